The summed E-state index contributed by atoms with van der Waals surface area (Å²) < 4.78 is 0. The van der Waals surface area contributed by atoms with E-state index in [1.54, 1.807) is 0 Å². The van der Waals surface area contributed by atoms with Crippen molar-refractivity contribution in [1.29, 1.82) is 0 Å². The van der Waals surface area contributed by atoms with E-state index in [-0.39, 0.29) is 33.0 Å². The Morgan fingerprint density at radius 1 is 0.556 bits per heavy atom. The third kappa shape index (κ3) is 36.0. The predicted octanol–water partition coefficient (Wildman–Crippen LogP) is 6.36. The molecular weight excluding hydrogens is 290 g/mol. The van der Waals surface area contributed by atoms with Crippen molar-refractivity contribution in [1.82, 2.24) is 0 Å². The molecule has 0 atom stereocenters. The predicted molar refractivity (Wildman–Crippen MR) is 84.8 cm³/mol. The van der Waals surface area contributed by atoms with E-state index in [1.165, 1.54) is 64.2 Å². The summed E-state index contributed by atoms with van der Waals surface area (Å²) in [5.41, 5.74) is 0. The quantitative estimate of drug-likeness (QED) is 0.249. The van der Waals surface area contributed by atoms with Crippen LogP contribution < -0.4 is 0 Å². The molecule has 0 N–H and O–H groups in total. The van der Waals surface area contributed by atoms with Crippen LogP contribution in [0.1, 0.15) is 90.9 Å². The molecule has 0 amide bonds. The monoisotopic (exact) mass is 322 g/mol. The molecule has 108 valence electrons. The fourth-order valence-corrected chi connectivity index (χ4v) is 1.56. The maximum atomic E-state index is 3.78. The minimum absolute atomic E-state index is 0. The Morgan fingerprint density at radius 3 is 1.06 bits per heavy atom. The second-order valence-corrected chi connectivity index (χ2v) is 4.54. The van der Waals surface area contributed by atoms with Gasteiger partial charge in [-0.1, -0.05) is 78.1 Å². The Labute approximate surface area is 137 Å². The topological polar surface area (TPSA) is 0 Å². The van der Waals surface area contributed by atoms with Gasteiger partial charge in [-0.2, -0.15) is 12.8 Å². The molecule has 0 heterocycles. The van der Waals surface area contributed by atoms with E-state index in [4.69, 9.17) is 0 Å². The first kappa shape index (κ1) is 27.3. The van der Waals surface area contributed by atoms with Gasteiger partial charge in [0.25, 0.3) is 0 Å². The van der Waals surface area contributed by atoms with Gasteiger partial charge in [0, 0.05) is 0 Å². The van der Waals surface area contributed by atoms with E-state index in [0.29, 0.717) is 0 Å². The third-order valence-electron chi connectivity index (χ3n) is 2.71. The van der Waals surface area contributed by atoms with Crippen molar-refractivity contribution in [2.24, 2.45) is 0 Å². The minimum atomic E-state index is 0. The molecule has 0 aromatic carbocycles. The van der Waals surface area contributed by atoms with Crippen molar-refractivity contribution in [3.05, 3.63) is 13.8 Å². The van der Waals surface area contributed by atoms with Crippen molar-refractivity contribution >= 4 is 13.5 Å². The molecular formula is C16H34SZn-2. The number of hydrogen-bond acceptors (Lipinski definition) is 0. The SMILES string of the molecule is [CH2-]CCCCCCC.[CH2-]CCCCCCC.[S-2].[Zn+2]. The first-order valence-electron chi connectivity index (χ1n) is 7.41. The Kier molecular flexibility index (Phi) is 46.7. The molecule has 0 nitrogen and oxygen atoms in total. The van der Waals surface area contributed by atoms with Crippen LogP contribution >= 0.6 is 0 Å². The first-order valence-corrected chi connectivity index (χ1v) is 7.41. The van der Waals surface area contributed by atoms with Crippen molar-refractivity contribution in [2.75, 3.05) is 0 Å². The van der Waals surface area contributed by atoms with Gasteiger partial charge in [-0.05, 0) is 0 Å². The molecule has 0 aromatic rings. The summed E-state index contributed by atoms with van der Waals surface area (Å²) in [6, 6.07) is 0. The van der Waals surface area contributed by atoms with Crippen LogP contribution in [0.2, 0.25) is 0 Å². The van der Waals surface area contributed by atoms with Crippen LogP contribution in [0.3, 0.4) is 0 Å². The normalized spacial score (nSPS) is 8.67. The van der Waals surface area contributed by atoms with Crippen molar-refractivity contribution in [3.63, 3.8) is 0 Å². The van der Waals surface area contributed by atoms with E-state index in [1.807, 2.05) is 0 Å². The Bertz CT molecular complexity index is 73.1. The van der Waals surface area contributed by atoms with Crippen LogP contribution in [0.4, 0.5) is 0 Å². The zero-order valence-electron chi connectivity index (χ0n) is 13.0. The fraction of sp³-hybridized carbons (Fsp3) is 0.875. The van der Waals surface area contributed by atoms with E-state index in [2.05, 4.69) is 27.7 Å². The Hall–Kier alpha value is 0.973. The summed E-state index contributed by atoms with van der Waals surface area (Å²) in [6.45, 7) is 12.0. The molecule has 0 saturated heterocycles. The summed E-state index contributed by atoms with van der Waals surface area (Å²) in [5.74, 6) is 0. The zero-order chi connectivity index (χ0) is 12.5. The van der Waals surface area contributed by atoms with Crippen LogP contribution in [0.15, 0.2) is 0 Å². The van der Waals surface area contributed by atoms with Crippen LogP contribution in [0, 0.1) is 13.8 Å². The van der Waals surface area contributed by atoms with Gasteiger partial charge in [-0.3, -0.25) is 0 Å². The molecule has 0 bridgehead atoms. The molecule has 0 aliphatic rings. The van der Waals surface area contributed by atoms with Crippen LogP contribution in [0.25, 0.3) is 0 Å². The molecule has 0 aliphatic heterocycles. The largest absolute Gasteiger partial charge is 2.00 e. The molecule has 0 unspecified atom stereocenters. The molecule has 0 fully saturated rings. The van der Waals surface area contributed by atoms with Crippen molar-refractivity contribution < 1.29 is 19.5 Å². The average molecular weight is 324 g/mol. The van der Waals surface area contributed by atoms with E-state index < -0.39 is 0 Å². The van der Waals surface area contributed by atoms with Crippen molar-refractivity contribution in [2.45, 2.75) is 90.9 Å². The number of unbranched alkanes of at least 4 members (excludes halogenated alkanes) is 10. The van der Waals surface area contributed by atoms with Gasteiger partial charge in [0.05, 0.1) is 0 Å². The maximum absolute atomic E-state index is 3.78. The summed E-state index contributed by atoms with van der Waals surface area (Å²) >= 11 is 0. The van der Waals surface area contributed by atoms with E-state index in [9.17, 15) is 0 Å². The van der Waals surface area contributed by atoms with Crippen LogP contribution in [0.5, 0.6) is 0 Å². The smallest absolute Gasteiger partial charge is 2.00 e. The van der Waals surface area contributed by atoms with Gasteiger partial charge in [0.2, 0.25) is 0 Å². The van der Waals surface area contributed by atoms with Gasteiger partial charge in [-0.15, -0.1) is 0 Å². The molecule has 0 aliphatic carbocycles. The van der Waals surface area contributed by atoms with Gasteiger partial charge in [0.15, 0.2) is 0 Å². The van der Waals surface area contributed by atoms with Crippen LogP contribution in [-0.4, -0.2) is 0 Å². The molecule has 0 radical (unpaired) electrons. The van der Waals surface area contributed by atoms with Gasteiger partial charge in [0.1, 0.15) is 0 Å². The first-order chi connectivity index (χ1) is 7.83. The molecule has 0 saturated carbocycles. The summed E-state index contributed by atoms with van der Waals surface area (Å²) in [6.07, 6.45) is 16.0. The van der Waals surface area contributed by atoms with Gasteiger partial charge in [-0.25, -0.2) is 0 Å². The molecule has 0 rings (SSSR count). The van der Waals surface area contributed by atoms with Crippen molar-refractivity contribution in [3.8, 4) is 0 Å². The number of rotatable bonds is 10. The maximum Gasteiger partial charge on any atom is 2.00 e. The van der Waals surface area contributed by atoms with Gasteiger partial charge >= 0.3 is 19.5 Å². The summed E-state index contributed by atoms with van der Waals surface area (Å²) in [4.78, 5) is 0. The molecule has 0 spiro atoms. The van der Waals surface area contributed by atoms with E-state index >= 15 is 0 Å². The molecule has 2 heteroatoms. The van der Waals surface area contributed by atoms with Crippen LogP contribution in [-0.2, 0) is 33.0 Å². The van der Waals surface area contributed by atoms with Gasteiger partial charge < -0.3 is 27.3 Å². The standard InChI is InChI=1S/2C8H17.S.Zn/c2*1-3-5-7-8-6-4-2;;/h2*1,3-8H2,2H3;;/q2*-1;-2;+2. The second kappa shape index (κ2) is 30.8. The minimum Gasteiger partial charge on any atom is -2.00 e. The number of hydrogen-bond donors (Lipinski definition) is 0. The second-order valence-electron chi connectivity index (χ2n) is 4.54. The zero-order valence-corrected chi connectivity index (χ0v) is 16.8. The van der Waals surface area contributed by atoms with E-state index in [0.717, 1.165) is 12.8 Å². The molecule has 18 heavy (non-hydrogen) atoms. The molecule has 0 aromatic heterocycles. The third-order valence-corrected chi connectivity index (χ3v) is 2.71. The Morgan fingerprint density at radius 2 is 0.833 bits per heavy atom. The summed E-state index contributed by atoms with van der Waals surface area (Å²) in [5, 5.41) is 0. The fourth-order valence-electron chi connectivity index (χ4n) is 1.56. The Balaban J connectivity index is -0.0000000980. The summed E-state index contributed by atoms with van der Waals surface area (Å²) in [7, 11) is 0. The average Bonchev–Trinajstić information content (AvgIpc) is 2.31.